The fourth-order valence-electron chi connectivity index (χ4n) is 7.23. The lowest BCUT2D eigenvalue weighted by Gasteiger charge is -2.36. The Labute approximate surface area is 366 Å². The van der Waals surface area contributed by atoms with Gasteiger partial charge in [0.25, 0.3) is 25.8 Å². The van der Waals surface area contributed by atoms with E-state index in [9.17, 15) is 53.1 Å². The van der Waals surface area contributed by atoms with E-state index >= 15 is 0 Å². The summed E-state index contributed by atoms with van der Waals surface area (Å²) in [7, 11) is -9.28. The molecule has 0 radical (unpaired) electrons. The van der Waals surface area contributed by atoms with Gasteiger partial charge in [-0.05, 0) is 122 Å². The molecule has 19 heteroatoms. The first kappa shape index (κ1) is 47.4. The van der Waals surface area contributed by atoms with Gasteiger partial charge in [-0.3, -0.25) is 4.79 Å². The second-order valence-corrected chi connectivity index (χ2v) is 19.6. The van der Waals surface area contributed by atoms with Crippen molar-refractivity contribution < 1.29 is 53.1 Å². The van der Waals surface area contributed by atoms with Crippen LogP contribution in [0.15, 0.2) is 136 Å². The number of piperidine rings is 1. The minimum absolute atomic E-state index is 0.0998. The van der Waals surface area contributed by atoms with Crippen LogP contribution in [0.2, 0.25) is 0 Å². The quantitative estimate of drug-likeness (QED) is 0.0560. The standard InChI is InChI=1S/C44H44F6N4O6S3/c1-51-24-21-33(28-61-35-7-3-2-4-8-35)52-39-20-19-36(27-40(39)62(57,58)44(48,49)50)63(59,60)53-42(56)31-13-17-34(18-14-31)54-25-22-30(23-26-54)41(55)38-10-6-5-9-37(38)29-11-15-32(16-12-29)43(45,46)47/h2-20,27,30,33,41,51-52,55H,21-26,28H2,1H3,(H,53,56)/t33-,41?/m1/s1. The van der Waals surface area contributed by atoms with Gasteiger partial charge in [0.2, 0.25) is 0 Å². The summed E-state index contributed by atoms with van der Waals surface area (Å²) in [5, 5.41) is 17.3. The Morgan fingerprint density at radius 1 is 0.825 bits per heavy atom. The van der Waals surface area contributed by atoms with Gasteiger partial charge in [-0.2, -0.15) is 26.3 Å². The van der Waals surface area contributed by atoms with Gasteiger partial charge in [0.05, 0.1) is 22.3 Å². The largest absolute Gasteiger partial charge is 0.501 e. The van der Waals surface area contributed by atoms with Crippen molar-refractivity contribution in [3.63, 3.8) is 0 Å². The van der Waals surface area contributed by atoms with E-state index in [1.807, 2.05) is 40.0 Å². The summed E-state index contributed by atoms with van der Waals surface area (Å²) in [5.41, 5.74) is -4.66. The third-order valence-corrected chi connectivity index (χ3v) is 14.7. The molecule has 1 amide bonds. The van der Waals surface area contributed by atoms with Gasteiger partial charge in [0.15, 0.2) is 0 Å². The zero-order valence-electron chi connectivity index (χ0n) is 33.7. The molecule has 6 rings (SSSR count). The Morgan fingerprint density at radius 2 is 1.46 bits per heavy atom. The molecule has 5 aromatic carbocycles. The second-order valence-electron chi connectivity index (χ2n) is 14.9. The predicted octanol–water partition coefficient (Wildman–Crippen LogP) is 8.92. The number of amides is 1. The number of alkyl halides is 6. The number of hydrogen-bond acceptors (Lipinski definition) is 10. The van der Waals surface area contributed by atoms with Gasteiger partial charge in [-0.1, -0.05) is 54.6 Å². The first-order valence-corrected chi connectivity index (χ1v) is 23.6. The number of nitrogens with zero attached hydrogens (tertiary/aromatic N) is 1. The molecule has 0 spiro atoms. The highest BCUT2D eigenvalue weighted by Crippen LogP contribution is 2.39. The van der Waals surface area contributed by atoms with Crippen molar-refractivity contribution in [2.45, 2.75) is 57.8 Å². The van der Waals surface area contributed by atoms with E-state index in [1.54, 1.807) is 43.4 Å². The van der Waals surface area contributed by atoms with Crippen molar-refractivity contribution in [3.8, 4) is 11.1 Å². The Morgan fingerprint density at radius 3 is 2.08 bits per heavy atom. The molecule has 0 aliphatic carbocycles. The van der Waals surface area contributed by atoms with Crippen molar-refractivity contribution >= 4 is 48.9 Å². The van der Waals surface area contributed by atoms with Crippen molar-refractivity contribution in [1.82, 2.24) is 10.0 Å². The lowest BCUT2D eigenvalue weighted by atomic mass is 9.84. The summed E-state index contributed by atoms with van der Waals surface area (Å²) in [6.45, 7) is 1.44. The topological polar surface area (TPSA) is 145 Å². The minimum Gasteiger partial charge on any atom is -0.388 e. The average Bonchev–Trinajstić information content (AvgIpc) is 3.26. The molecule has 0 bridgehead atoms. The third-order valence-electron chi connectivity index (χ3n) is 10.7. The lowest BCUT2D eigenvalue weighted by molar-refractivity contribution is -0.137. The van der Waals surface area contributed by atoms with Crippen LogP contribution in [0.3, 0.4) is 0 Å². The SMILES string of the molecule is CNCC[C@H](CSc1ccccc1)Nc1ccc(S(=O)(=O)NC(=O)c2ccc(N3CCC(C(O)c4ccccc4-c4ccc(C(F)(F)F)cc4)CC3)cc2)cc1S(=O)(=O)C(F)(F)F. The number of rotatable bonds is 16. The Hall–Kier alpha value is -5.08. The summed E-state index contributed by atoms with van der Waals surface area (Å²) < 4.78 is 136. The van der Waals surface area contributed by atoms with Crippen LogP contribution in [0.5, 0.6) is 0 Å². The van der Waals surface area contributed by atoms with E-state index in [0.29, 0.717) is 73.1 Å². The lowest BCUT2D eigenvalue weighted by Crippen LogP contribution is -2.36. The number of sulfone groups is 1. The maximum Gasteiger partial charge on any atom is 0.501 e. The molecule has 336 valence electrons. The van der Waals surface area contributed by atoms with Crippen LogP contribution in [0.4, 0.5) is 37.7 Å². The number of benzene rings is 5. The molecule has 4 N–H and O–H groups in total. The molecule has 0 aromatic heterocycles. The fourth-order valence-corrected chi connectivity index (χ4v) is 10.2. The fraction of sp³-hybridized carbons (Fsp3) is 0.295. The summed E-state index contributed by atoms with van der Waals surface area (Å²) in [6, 6.07) is 28.5. The number of sulfonamides is 1. The van der Waals surface area contributed by atoms with E-state index in [0.717, 1.165) is 29.2 Å². The van der Waals surface area contributed by atoms with Gasteiger partial charge in [-0.25, -0.2) is 21.6 Å². The summed E-state index contributed by atoms with van der Waals surface area (Å²) in [4.78, 5) is 13.9. The molecule has 1 fully saturated rings. The highest BCUT2D eigenvalue weighted by molar-refractivity contribution is 7.99. The smallest absolute Gasteiger partial charge is 0.388 e. The zero-order valence-corrected chi connectivity index (χ0v) is 36.1. The van der Waals surface area contributed by atoms with E-state index in [-0.39, 0.29) is 11.5 Å². The van der Waals surface area contributed by atoms with Crippen LogP contribution in [0.25, 0.3) is 11.1 Å². The first-order valence-electron chi connectivity index (χ1n) is 19.7. The van der Waals surface area contributed by atoms with Crippen LogP contribution >= 0.6 is 11.8 Å². The molecule has 2 atom stereocenters. The van der Waals surface area contributed by atoms with Crippen LogP contribution in [-0.2, 0) is 26.0 Å². The molecular weight excluding hydrogens is 891 g/mol. The molecule has 1 aliphatic rings. The number of hydrogen-bond donors (Lipinski definition) is 4. The van der Waals surface area contributed by atoms with Crippen molar-refractivity contribution in [3.05, 3.63) is 138 Å². The van der Waals surface area contributed by atoms with Gasteiger partial charge >= 0.3 is 11.7 Å². The molecule has 1 aliphatic heterocycles. The summed E-state index contributed by atoms with van der Waals surface area (Å²) in [6.07, 6.45) is -3.90. The maximum absolute atomic E-state index is 14.0. The van der Waals surface area contributed by atoms with Crippen LogP contribution in [0.1, 0.15) is 46.9 Å². The van der Waals surface area contributed by atoms with Gasteiger partial charge < -0.3 is 20.6 Å². The van der Waals surface area contributed by atoms with E-state index in [1.165, 1.54) is 36.0 Å². The number of carbonyl (C=O) groups is 1. The molecule has 1 unspecified atom stereocenters. The van der Waals surface area contributed by atoms with Crippen LogP contribution < -0.4 is 20.3 Å². The second kappa shape index (κ2) is 19.8. The van der Waals surface area contributed by atoms with E-state index < -0.39 is 70.6 Å². The zero-order chi connectivity index (χ0) is 45.6. The highest BCUT2D eigenvalue weighted by atomic mass is 32.2. The Kier molecular flexibility index (Phi) is 14.9. The highest BCUT2D eigenvalue weighted by Gasteiger charge is 2.48. The van der Waals surface area contributed by atoms with Crippen LogP contribution in [0, 0.1) is 5.92 Å². The number of halogens is 6. The van der Waals surface area contributed by atoms with Gasteiger partial charge in [0.1, 0.15) is 4.90 Å². The Bertz CT molecular complexity index is 2570. The molecular formula is C44H44F6N4O6S3. The average molecular weight is 935 g/mol. The number of aliphatic hydroxyl groups excluding tert-OH is 1. The predicted molar refractivity (Wildman–Crippen MR) is 231 cm³/mol. The summed E-state index contributed by atoms with van der Waals surface area (Å²) in [5.74, 6) is -0.954. The number of thioether (sulfide) groups is 1. The molecule has 10 nitrogen and oxygen atoms in total. The molecule has 63 heavy (non-hydrogen) atoms. The number of anilines is 2. The maximum atomic E-state index is 14.0. The monoisotopic (exact) mass is 934 g/mol. The van der Waals surface area contributed by atoms with Crippen LogP contribution in [-0.4, -0.2) is 71.8 Å². The van der Waals surface area contributed by atoms with Gasteiger partial charge in [0, 0.05) is 41.0 Å². The van der Waals surface area contributed by atoms with Crippen molar-refractivity contribution in [1.29, 1.82) is 0 Å². The third kappa shape index (κ3) is 11.5. The van der Waals surface area contributed by atoms with E-state index in [4.69, 9.17) is 0 Å². The van der Waals surface area contributed by atoms with Crippen molar-refractivity contribution in [2.75, 3.05) is 42.7 Å². The number of carbonyl (C=O) groups excluding carboxylic acids is 1. The molecule has 0 saturated carbocycles. The Balaban J connectivity index is 1.12. The summed E-state index contributed by atoms with van der Waals surface area (Å²) >= 11 is 1.40. The molecule has 5 aromatic rings. The first-order chi connectivity index (χ1) is 29.8. The number of nitrogens with one attached hydrogen (secondary N) is 3. The molecule has 1 heterocycles. The molecule has 1 saturated heterocycles. The minimum atomic E-state index is -6.07. The number of aliphatic hydroxyl groups is 1. The van der Waals surface area contributed by atoms with E-state index in [2.05, 4.69) is 10.6 Å². The normalized spacial score (nSPS) is 15.1. The van der Waals surface area contributed by atoms with Crippen molar-refractivity contribution in [2.24, 2.45) is 5.92 Å². The van der Waals surface area contributed by atoms with Gasteiger partial charge in [-0.15, -0.1) is 11.8 Å².